The van der Waals surface area contributed by atoms with Crippen LogP contribution in [-0.4, -0.2) is 19.0 Å². The van der Waals surface area contributed by atoms with E-state index in [-0.39, 0.29) is 12.3 Å². The summed E-state index contributed by atoms with van der Waals surface area (Å²) < 4.78 is 5.65. The minimum absolute atomic E-state index is 0.167. The molecule has 110 valence electrons. The van der Waals surface area contributed by atoms with E-state index in [9.17, 15) is 9.59 Å². The number of ether oxygens (including phenoxy) is 1. The van der Waals surface area contributed by atoms with E-state index in [0.717, 1.165) is 15.6 Å². The van der Waals surface area contributed by atoms with Crippen molar-refractivity contribution in [2.24, 2.45) is 0 Å². The number of halogens is 1. The van der Waals surface area contributed by atoms with Gasteiger partial charge in [-0.2, -0.15) is 0 Å². The van der Waals surface area contributed by atoms with Crippen LogP contribution in [0.25, 0.3) is 0 Å². The van der Waals surface area contributed by atoms with Crippen molar-refractivity contribution in [3.63, 3.8) is 0 Å². The SMILES string of the molecule is COC(=O)c1scc(C)c1NC(=O)Cc1cccc(Br)c1. The van der Waals surface area contributed by atoms with Crippen LogP contribution < -0.4 is 5.32 Å². The summed E-state index contributed by atoms with van der Waals surface area (Å²) in [5, 5.41) is 4.62. The molecule has 0 aliphatic heterocycles. The fraction of sp³-hybridized carbons (Fsp3) is 0.200. The lowest BCUT2D eigenvalue weighted by Crippen LogP contribution is -2.16. The maximum Gasteiger partial charge on any atom is 0.350 e. The quantitative estimate of drug-likeness (QED) is 0.836. The molecule has 0 aliphatic carbocycles. The van der Waals surface area contributed by atoms with Gasteiger partial charge in [0.15, 0.2) is 0 Å². The van der Waals surface area contributed by atoms with Crippen LogP contribution in [0.3, 0.4) is 0 Å². The van der Waals surface area contributed by atoms with Gasteiger partial charge in [-0.05, 0) is 35.6 Å². The Balaban J connectivity index is 2.13. The van der Waals surface area contributed by atoms with Crippen LogP contribution in [-0.2, 0) is 16.0 Å². The molecule has 0 aliphatic rings. The molecule has 1 aromatic heterocycles. The number of amides is 1. The predicted octanol–water partition coefficient (Wildman–Crippen LogP) is 3.79. The molecule has 1 N–H and O–H groups in total. The molecule has 0 saturated carbocycles. The summed E-state index contributed by atoms with van der Waals surface area (Å²) >= 11 is 4.64. The molecule has 4 nitrogen and oxygen atoms in total. The largest absolute Gasteiger partial charge is 0.465 e. The second kappa shape index (κ2) is 6.87. The Labute approximate surface area is 135 Å². The Morgan fingerprint density at radius 2 is 2.14 bits per heavy atom. The number of carbonyl (C=O) groups excluding carboxylic acids is 2. The van der Waals surface area contributed by atoms with E-state index < -0.39 is 5.97 Å². The third-order valence-corrected chi connectivity index (χ3v) is 4.44. The van der Waals surface area contributed by atoms with Crippen LogP contribution in [0, 0.1) is 6.92 Å². The Hall–Kier alpha value is -1.66. The van der Waals surface area contributed by atoms with Crippen molar-refractivity contribution in [2.45, 2.75) is 13.3 Å². The monoisotopic (exact) mass is 367 g/mol. The van der Waals surface area contributed by atoms with Gasteiger partial charge in [-0.3, -0.25) is 4.79 Å². The Morgan fingerprint density at radius 1 is 1.38 bits per heavy atom. The molecule has 21 heavy (non-hydrogen) atoms. The fourth-order valence-corrected chi connectivity index (χ4v) is 3.23. The molecule has 1 aromatic carbocycles. The molecule has 1 heterocycles. The van der Waals surface area contributed by atoms with Crippen LogP contribution in [0.5, 0.6) is 0 Å². The van der Waals surface area contributed by atoms with Crippen LogP contribution in [0.4, 0.5) is 5.69 Å². The van der Waals surface area contributed by atoms with Gasteiger partial charge in [0.1, 0.15) is 4.88 Å². The van der Waals surface area contributed by atoms with Crippen LogP contribution in [0.2, 0.25) is 0 Å². The number of anilines is 1. The van der Waals surface area contributed by atoms with Crippen molar-refractivity contribution in [1.29, 1.82) is 0 Å². The minimum Gasteiger partial charge on any atom is -0.465 e. The Kier molecular flexibility index (Phi) is 5.14. The maximum absolute atomic E-state index is 12.1. The van der Waals surface area contributed by atoms with Gasteiger partial charge in [-0.1, -0.05) is 28.1 Å². The molecular weight excluding hydrogens is 354 g/mol. The van der Waals surface area contributed by atoms with E-state index in [0.29, 0.717) is 10.6 Å². The smallest absolute Gasteiger partial charge is 0.350 e. The first kappa shape index (κ1) is 15.7. The van der Waals surface area contributed by atoms with Crippen LogP contribution >= 0.6 is 27.3 Å². The molecule has 0 fully saturated rings. The van der Waals surface area contributed by atoms with Crippen molar-refractivity contribution in [1.82, 2.24) is 0 Å². The van der Waals surface area contributed by atoms with Gasteiger partial charge >= 0.3 is 5.97 Å². The van der Waals surface area contributed by atoms with Crippen molar-refractivity contribution in [3.05, 3.63) is 50.1 Å². The Morgan fingerprint density at radius 3 is 2.81 bits per heavy atom. The molecule has 2 rings (SSSR count). The van der Waals surface area contributed by atoms with E-state index in [2.05, 4.69) is 21.2 Å². The van der Waals surface area contributed by atoms with E-state index >= 15 is 0 Å². The zero-order valence-corrected chi connectivity index (χ0v) is 14.0. The summed E-state index contributed by atoms with van der Waals surface area (Å²) in [6.07, 6.45) is 0.245. The highest BCUT2D eigenvalue weighted by Crippen LogP contribution is 2.28. The molecule has 2 aromatic rings. The van der Waals surface area contributed by atoms with Crippen molar-refractivity contribution < 1.29 is 14.3 Å². The topological polar surface area (TPSA) is 55.4 Å². The molecule has 0 spiro atoms. The number of hydrogen-bond acceptors (Lipinski definition) is 4. The molecule has 1 amide bonds. The highest BCUT2D eigenvalue weighted by molar-refractivity contribution is 9.10. The van der Waals surface area contributed by atoms with Gasteiger partial charge in [0.2, 0.25) is 5.91 Å². The number of thiophene rings is 1. The summed E-state index contributed by atoms with van der Waals surface area (Å²) in [7, 11) is 1.32. The number of esters is 1. The van der Waals surface area contributed by atoms with Gasteiger partial charge in [0.25, 0.3) is 0 Å². The first-order valence-corrected chi connectivity index (χ1v) is 7.89. The number of benzene rings is 1. The lowest BCUT2D eigenvalue weighted by molar-refractivity contribution is -0.115. The van der Waals surface area contributed by atoms with Gasteiger partial charge in [0, 0.05) is 4.47 Å². The molecule has 0 radical (unpaired) electrons. The molecule has 0 unspecified atom stereocenters. The van der Waals surface area contributed by atoms with E-state index in [4.69, 9.17) is 4.74 Å². The maximum atomic E-state index is 12.1. The van der Waals surface area contributed by atoms with Crippen molar-refractivity contribution in [2.75, 3.05) is 12.4 Å². The second-order valence-electron chi connectivity index (χ2n) is 4.47. The number of nitrogens with one attached hydrogen (secondary N) is 1. The summed E-state index contributed by atoms with van der Waals surface area (Å²) in [5.41, 5.74) is 2.28. The summed E-state index contributed by atoms with van der Waals surface area (Å²) in [6.45, 7) is 1.84. The van der Waals surface area contributed by atoms with E-state index in [1.807, 2.05) is 36.6 Å². The highest BCUT2D eigenvalue weighted by atomic mass is 79.9. The zero-order valence-electron chi connectivity index (χ0n) is 11.6. The van der Waals surface area contributed by atoms with Gasteiger partial charge in [-0.25, -0.2) is 4.79 Å². The number of aryl methyl sites for hydroxylation is 1. The molecule has 6 heteroatoms. The van der Waals surface area contributed by atoms with Gasteiger partial charge in [0.05, 0.1) is 19.2 Å². The van der Waals surface area contributed by atoms with Gasteiger partial charge in [-0.15, -0.1) is 11.3 Å². The zero-order chi connectivity index (χ0) is 15.4. The second-order valence-corrected chi connectivity index (χ2v) is 6.26. The summed E-state index contributed by atoms with van der Waals surface area (Å²) in [5.74, 6) is -0.606. The summed E-state index contributed by atoms with van der Waals surface area (Å²) in [4.78, 5) is 24.2. The van der Waals surface area contributed by atoms with Crippen molar-refractivity contribution in [3.8, 4) is 0 Å². The lowest BCUT2D eigenvalue weighted by Gasteiger charge is -2.07. The highest BCUT2D eigenvalue weighted by Gasteiger charge is 2.18. The third kappa shape index (κ3) is 3.92. The number of carbonyl (C=O) groups is 2. The third-order valence-electron chi connectivity index (χ3n) is 2.86. The fourth-order valence-electron chi connectivity index (χ4n) is 1.86. The number of methoxy groups -OCH3 is 1. The molecule has 0 bridgehead atoms. The standard InChI is InChI=1S/C15H14BrNO3S/c1-9-8-21-14(15(19)20-2)13(9)17-12(18)7-10-4-3-5-11(16)6-10/h3-6,8H,7H2,1-2H3,(H,17,18). The van der Waals surface area contributed by atoms with Crippen LogP contribution in [0.1, 0.15) is 20.8 Å². The number of hydrogen-bond donors (Lipinski definition) is 1. The average molecular weight is 368 g/mol. The molecule has 0 saturated heterocycles. The first-order valence-electron chi connectivity index (χ1n) is 6.22. The van der Waals surface area contributed by atoms with E-state index in [1.165, 1.54) is 18.4 Å². The lowest BCUT2D eigenvalue weighted by atomic mass is 10.1. The summed E-state index contributed by atoms with van der Waals surface area (Å²) in [6, 6.07) is 7.55. The average Bonchev–Trinajstić information content (AvgIpc) is 2.79. The first-order chi connectivity index (χ1) is 10.0. The normalized spacial score (nSPS) is 10.2. The van der Waals surface area contributed by atoms with E-state index in [1.54, 1.807) is 0 Å². The Bertz CT molecular complexity index is 681. The minimum atomic E-state index is -0.439. The molecular formula is C15H14BrNO3S. The predicted molar refractivity (Wildman–Crippen MR) is 86.9 cm³/mol. The van der Waals surface area contributed by atoms with Gasteiger partial charge < -0.3 is 10.1 Å². The van der Waals surface area contributed by atoms with Crippen molar-refractivity contribution >= 4 is 44.8 Å². The number of rotatable bonds is 4. The van der Waals surface area contributed by atoms with Crippen LogP contribution in [0.15, 0.2) is 34.1 Å². The molecule has 0 atom stereocenters.